The molecule has 0 heterocycles. The third-order valence-electron chi connectivity index (χ3n) is 13.9. The Bertz CT molecular complexity index is 1000. The summed E-state index contributed by atoms with van der Waals surface area (Å²) in [6.45, 7) is 17.8. The fourth-order valence-electron chi connectivity index (χ4n) is 12.1. The SMILES string of the molecule is CC(=O)OC[C@@]12CC[C@@H](C(C)=O)[C@@H]1[C@H]1CC[C@H]3[C@@]4(C)CC[C@H](OC(C)=O)C(C)(C)[C@H]4CC[C@]3(C)[C@]1(C)CC2. The molecule has 0 N–H and O–H groups in total. The van der Waals surface area contributed by atoms with E-state index in [1.165, 1.54) is 32.6 Å². The highest BCUT2D eigenvalue weighted by Gasteiger charge is 2.71. The van der Waals surface area contributed by atoms with E-state index in [1.54, 1.807) is 13.8 Å². The number of ketones is 1. The summed E-state index contributed by atoms with van der Waals surface area (Å²) in [6.07, 6.45) is 11.0. The number of Topliss-reactive ketones (excluding diaryl/α,β-unsaturated/α-hetero) is 1. The zero-order valence-corrected chi connectivity index (χ0v) is 25.3. The maximum atomic E-state index is 13.0. The summed E-state index contributed by atoms with van der Waals surface area (Å²) in [6, 6.07) is 0. The Kier molecular flexibility index (Phi) is 6.71. The molecule has 5 nitrogen and oxygen atoms in total. The van der Waals surface area contributed by atoms with Crippen LogP contribution in [0.25, 0.3) is 0 Å². The normalized spacial score (nSPS) is 49.1. The van der Waals surface area contributed by atoms with Crippen LogP contribution >= 0.6 is 0 Å². The van der Waals surface area contributed by atoms with Crippen molar-refractivity contribution in [2.45, 2.75) is 126 Å². The first-order valence-corrected chi connectivity index (χ1v) is 15.4. The maximum Gasteiger partial charge on any atom is 0.302 e. The number of fused-ring (bicyclic) bond motifs is 7. The lowest BCUT2D eigenvalue weighted by Crippen LogP contribution is -2.67. The minimum Gasteiger partial charge on any atom is -0.465 e. The van der Waals surface area contributed by atoms with E-state index in [2.05, 4.69) is 34.6 Å². The summed E-state index contributed by atoms with van der Waals surface area (Å²) < 4.78 is 11.6. The molecule has 0 unspecified atom stereocenters. The number of esters is 2. The van der Waals surface area contributed by atoms with Gasteiger partial charge in [0.05, 0.1) is 6.61 Å². The van der Waals surface area contributed by atoms with Crippen LogP contribution in [-0.4, -0.2) is 30.4 Å². The third-order valence-corrected chi connectivity index (χ3v) is 13.9. The predicted molar refractivity (Wildman–Crippen MR) is 147 cm³/mol. The molecule has 0 aromatic carbocycles. The molecule has 5 aliphatic carbocycles. The van der Waals surface area contributed by atoms with Gasteiger partial charge in [0.1, 0.15) is 11.9 Å². The van der Waals surface area contributed by atoms with Crippen LogP contribution in [0, 0.1) is 56.7 Å². The van der Waals surface area contributed by atoms with Crippen molar-refractivity contribution < 1.29 is 23.9 Å². The van der Waals surface area contributed by atoms with Crippen molar-refractivity contribution in [3.8, 4) is 0 Å². The van der Waals surface area contributed by atoms with E-state index in [1.807, 2.05) is 0 Å². The van der Waals surface area contributed by atoms with E-state index in [0.29, 0.717) is 36.1 Å². The lowest BCUT2D eigenvalue weighted by atomic mass is 9.32. The largest absolute Gasteiger partial charge is 0.465 e. The fourth-order valence-corrected chi connectivity index (χ4v) is 12.1. The van der Waals surface area contributed by atoms with Crippen molar-refractivity contribution in [1.29, 1.82) is 0 Å². The second-order valence-corrected chi connectivity index (χ2v) is 15.6. The van der Waals surface area contributed by atoms with Crippen molar-refractivity contribution >= 4 is 17.7 Å². The van der Waals surface area contributed by atoms with E-state index in [-0.39, 0.29) is 51.0 Å². The molecule has 5 rings (SSSR count). The summed E-state index contributed by atoms with van der Waals surface area (Å²) in [5, 5.41) is 0. The van der Waals surface area contributed by atoms with E-state index in [0.717, 1.165) is 38.5 Å². The molecule has 0 aromatic heterocycles. The highest BCUT2D eigenvalue weighted by atomic mass is 16.5. The van der Waals surface area contributed by atoms with Crippen molar-refractivity contribution in [2.24, 2.45) is 56.7 Å². The van der Waals surface area contributed by atoms with Gasteiger partial charge in [-0.05, 0) is 111 Å². The quantitative estimate of drug-likeness (QED) is 0.362. The first-order valence-electron chi connectivity index (χ1n) is 15.4. The van der Waals surface area contributed by atoms with Gasteiger partial charge in [0, 0.05) is 30.6 Å². The molecule has 38 heavy (non-hydrogen) atoms. The Morgan fingerprint density at radius 1 is 0.711 bits per heavy atom. The molecule has 5 heteroatoms. The number of hydrogen-bond acceptors (Lipinski definition) is 5. The molecule has 5 aliphatic rings. The lowest BCUT2D eigenvalue weighted by Gasteiger charge is -2.73. The van der Waals surface area contributed by atoms with E-state index < -0.39 is 0 Å². The van der Waals surface area contributed by atoms with Gasteiger partial charge in [-0.1, -0.05) is 34.6 Å². The summed E-state index contributed by atoms with van der Waals surface area (Å²) in [4.78, 5) is 36.8. The van der Waals surface area contributed by atoms with E-state index in [9.17, 15) is 14.4 Å². The second-order valence-electron chi connectivity index (χ2n) is 15.6. The average molecular weight is 529 g/mol. The number of ether oxygens (including phenoxy) is 2. The molecular weight excluding hydrogens is 476 g/mol. The van der Waals surface area contributed by atoms with Crippen LogP contribution in [0.3, 0.4) is 0 Å². The minimum atomic E-state index is -0.202. The van der Waals surface area contributed by atoms with Gasteiger partial charge in [-0.2, -0.15) is 0 Å². The Morgan fingerprint density at radius 2 is 1.42 bits per heavy atom. The van der Waals surface area contributed by atoms with E-state index >= 15 is 0 Å². The van der Waals surface area contributed by atoms with Gasteiger partial charge in [0.25, 0.3) is 0 Å². The van der Waals surface area contributed by atoms with Crippen LogP contribution in [0.4, 0.5) is 0 Å². The van der Waals surface area contributed by atoms with Gasteiger partial charge in [-0.15, -0.1) is 0 Å². The number of hydrogen-bond donors (Lipinski definition) is 0. The molecule has 0 aromatic rings. The molecule has 0 radical (unpaired) electrons. The van der Waals surface area contributed by atoms with Gasteiger partial charge in [-0.25, -0.2) is 0 Å². The van der Waals surface area contributed by atoms with Crippen molar-refractivity contribution in [1.82, 2.24) is 0 Å². The van der Waals surface area contributed by atoms with Gasteiger partial charge >= 0.3 is 11.9 Å². The first-order chi connectivity index (χ1) is 17.6. The molecule has 0 amide bonds. The van der Waals surface area contributed by atoms with E-state index in [4.69, 9.17) is 9.47 Å². The van der Waals surface area contributed by atoms with Crippen molar-refractivity contribution in [2.75, 3.05) is 6.61 Å². The number of carbonyl (C=O) groups excluding carboxylic acids is 3. The standard InChI is InChI=1S/C33H52O5/c1-20(34)23-11-16-33(19-37-21(2)35)18-17-31(7)24(28(23)33)9-10-26-30(6)14-13-27(38-22(3)36)29(4,5)25(30)12-15-32(26,31)8/h23-28H,9-19H2,1-8H3/t23-,24+,25+,26-,27-,28+,30-,31+,32-,33-/m0/s1. The highest BCUT2D eigenvalue weighted by molar-refractivity contribution is 5.79. The van der Waals surface area contributed by atoms with Gasteiger partial charge in [0.2, 0.25) is 0 Å². The monoisotopic (exact) mass is 528 g/mol. The Morgan fingerprint density at radius 3 is 2.05 bits per heavy atom. The second kappa shape index (κ2) is 9.06. The zero-order chi connectivity index (χ0) is 27.9. The molecule has 0 saturated heterocycles. The zero-order valence-electron chi connectivity index (χ0n) is 25.3. The molecule has 0 spiro atoms. The fraction of sp³-hybridized carbons (Fsp3) is 0.909. The first kappa shape index (κ1) is 28.1. The Hall–Kier alpha value is -1.39. The summed E-state index contributed by atoms with van der Waals surface area (Å²) >= 11 is 0. The van der Waals surface area contributed by atoms with Crippen LogP contribution < -0.4 is 0 Å². The molecule has 214 valence electrons. The average Bonchev–Trinajstić information content (AvgIpc) is 3.20. The third kappa shape index (κ3) is 3.79. The smallest absolute Gasteiger partial charge is 0.302 e. The Labute approximate surface area is 230 Å². The van der Waals surface area contributed by atoms with Crippen LogP contribution in [-0.2, 0) is 23.9 Å². The topological polar surface area (TPSA) is 69.7 Å². The molecule has 0 bridgehead atoms. The molecular formula is C33H52O5. The number of carbonyl (C=O) groups is 3. The molecule has 5 fully saturated rings. The van der Waals surface area contributed by atoms with Crippen molar-refractivity contribution in [3.63, 3.8) is 0 Å². The summed E-state index contributed by atoms with van der Waals surface area (Å²) in [5.74, 6) is 2.05. The van der Waals surface area contributed by atoms with Crippen molar-refractivity contribution in [3.05, 3.63) is 0 Å². The summed E-state index contributed by atoms with van der Waals surface area (Å²) in [7, 11) is 0. The lowest BCUT2D eigenvalue weighted by molar-refractivity contribution is -0.252. The Balaban J connectivity index is 1.49. The maximum absolute atomic E-state index is 13.0. The van der Waals surface area contributed by atoms with Gasteiger partial charge in [0.15, 0.2) is 0 Å². The summed E-state index contributed by atoms with van der Waals surface area (Å²) in [5.41, 5.74) is 0.532. The number of rotatable bonds is 4. The molecule has 10 atom stereocenters. The van der Waals surface area contributed by atoms with Gasteiger partial charge < -0.3 is 9.47 Å². The highest BCUT2D eigenvalue weighted by Crippen LogP contribution is 2.77. The van der Waals surface area contributed by atoms with Crippen LogP contribution in [0.1, 0.15) is 120 Å². The predicted octanol–water partition coefficient (Wildman–Crippen LogP) is 7.15. The van der Waals surface area contributed by atoms with Crippen LogP contribution in [0.5, 0.6) is 0 Å². The minimum absolute atomic E-state index is 0.000688. The van der Waals surface area contributed by atoms with Crippen LogP contribution in [0.2, 0.25) is 0 Å². The van der Waals surface area contributed by atoms with Gasteiger partial charge in [-0.3, -0.25) is 14.4 Å². The molecule has 5 saturated carbocycles. The molecule has 0 aliphatic heterocycles. The van der Waals surface area contributed by atoms with Crippen LogP contribution in [0.15, 0.2) is 0 Å².